The second kappa shape index (κ2) is 9.75. The second-order valence-electron chi connectivity index (χ2n) is 6.02. The van der Waals surface area contributed by atoms with Crippen molar-refractivity contribution in [1.29, 1.82) is 0 Å². The number of amides is 2. The average molecular weight is 378 g/mol. The Labute approximate surface area is 156 Å². The molecule has 2 aromatic rings. The monoisotopic (exact) mass is 378 g/mol. The Hall–Kier alpha value is -2.83. The van der Waals surface area contributed by atoms with Gasteiger partial charge in [-0.25, -0.2) is 13.2 Å². The van der Waals surface area contributed by atoms with E-state index in [1.54, 1.807) is 17.0 Å². The lowest BCUT2D eigenvalue weighted by Crippen LogP contribution is -2.31. The van der Waals surface area contributed by atoms with Gasteiger partial charge in [0, 0.05) is 32.1 Å². The summed E-state index contributed by atoms with van der Waals surface area (Å²) < 4.78 is 39.6. The van der Waals surface area contributed by atoms with Crippen molar-refractivity contribution >= 4 is 11.8 Å². The zero-order chi connectivity index (χ0) is 19.8. The highest BCUT2D eigenvalue weighted by atomic mass is 19.1. The van der Waals surface area contributed by atoms with E-state index in [9.17, 15) is 22.8 Å². The first-order chi connectivity index (χ1) is 12.9. The van der Waals surface area contributed by atoms with Crippen LogP contribution in [-0.2, 0) is 11.3 Å². The minimum atomic E-state index is -0.934. The van der Waals surface area contributed by atoms with Crippen LogP contribution in [0.15, 0.2) is 42.5 Å². The average Bonchev–Trinajstić information content (AvgIpc) is 2.63. The van der Waals surface area contributed by atoms with Crippen LogP contribution in [0, 0.1) is 17.5 Å². The van der Waals surface area contributed by atoms with Crippen molar-refractivity contribution in [2.45, 2.75) is 26.3 Å². The van der Waals surface area contributed by atoms with Crippen molar-refractivity contribution in [1.82, 2.24) is 10.2 Å². The van der Waals surface area contributed by atoms with Gasteiger partial charge in [0.25, 0.3) is 5.91 Å². The molecule has 0 bridgehead atoms. The predicted molar refractivity (Wildman–Crippen MR) is 95.4 cm³/mol. The highest BCUT2D eigenvalue weighted by Crippen LogP contribution is 2.10. The second-order valence-corrected chi connectivity index (χ2v) is 6.02. The molecule has 0 unspecified atom stereocenters. The van der Waals surface area contributed by atoms with Gasteiger partial charge >= 0.3 is 0 Å². The molecule has 0 saturated carbocycles. The lowest BCUT2D eigenvalue weighted by Gasteiger charge is -2.21. The lowest BCUT2D eigenvalue weighted by molar-refractivity contribution is -0.131. The lowest BCUT2D eigenvalue weighted by atomic mass is 10.1. The van der Waals surface area contributed by atoms with Gasteiger partial charge in [-0.1, -0.05) is 12.1 Å². The van der Waals surface area contributed by atoms with Crippen molar-refractivity contribution < 1.29 is 22.8 Å². The van der Waals surface area contributed by atoms with E-state index in [4.69, 9.17) is 0 Å². The third-order valence-electron chi connectivity index (χ3n) is 4.03. The number of hydrogen-bond donors (Lipinski definition) is 1. The fourth-order valence-corrected chi connectivity index (χ4v) is 2.60. The molecule has 0 aliphatic heterocycles. The Bertz CT molecular complexity index is 812. The maximum absolute atomic E-state index is 13.5. The van der Waals surface area contributed by atoms with Gasteiger partial charge in [0.05, 0.1) is 5.56 Å². The molecule has 0 heterocycles. The summed E-state index contributed by atoms with van der Waals surface area (Å²) in [6, 6.07) is 8.78. The molecule has 144 valence electrons. The molecule has 0 fully saturated rings. The summed E-state index contributed by atoms with van der Waals surface area (Å²) in [5, 5.41) is 2.51. The van der Waals surface area contributed by atoms with Gasteiger partial charge in [-0.05, 0) is 43.2 Å². The summed E-state index contributed by atoms with van der Waals surface area (Å²) in [5.41, 5.74) is 0.453. The molecule has 27 heavy (non-hydrogen) atoms. The van der Waals surface area contributed by atoms with Crippen LogP contribution in [0.1, 0.15) is 35.7 Å². The van der Waals surface area contributed by atoms with E-state index in [0.717, 1.165) is 12.1 Å². The topological polar surface area (TPSA) is 49.4 Å². The van der Waals surface area contributed by atoms with Gasteiger partial charge in [0.2, 0.25) is 5.91 Å². The van der Waals surface area contributed by atoms with E-state index in [1.165, 1.54) is 12.1 Å². The molecule has 0 atom stereocenters. The molecular weight excluding hydrogens is 357 g/mol. The summed E-state index contributed by atoms with van der Waals surface area (Å²) in [6.45, 7) is 2.79. The van der Waals surface area contributed by atoms with E-state index in [1.807, 2.05) is 6.92 Å². The Balaban J connectivity index is 1.79. The maximum atomic E-state index is 13.5. The molecule has 0 aliphatic carbocycles. The summed E-state index contributed by atoms with van der Waals surface area (Å²) in [6.07, 6.45) is 0.558. The first-order valence-corrected chi connectivity index (χ1v) is 8.66. The Kier molecular flexibility index (Phi) is 7.40. The first kappa shape index (κ1) is 20.5. The molecule has 7 heteroatoms. The number of carbonyl (C=O) groups excluding carboxylic acids is 2. The van der Waals surface area contributed by atoms with Crippen LogP contribution in [0.4, 0.5) is 13.2 Å². The first-order valence-electron chi connectivity index (χ1n) is 8.66. The van der Waals surface area contributed by atoms with Crippen LogP contribution in [0.2, 0.25) is 0 Å². The summed E-state index contributed by atoms with van der Waals surface area (Å²) >= 11 is 0. The molecule has 0 aliphatic rings. The third-order valence-corrected chi connectivity index (χ3v) is 4.03. The molecule has 1 N–H and O–H groups in total. The van der Waals surface area contributed by atoms with Gasteiger partial charge in [0.1, 0.15) is 17.5 Å². The van der Waals surface area contributed by atoms with Crippen LogP contribution in [0.5, 0.6) is 0 Å². The summed E-state index contributed by atoms with van der Waals surface area (Å²) in [7, 11) is 0. The van der Waals surface area contributed by atoms with Gasteiger partial charge in [0.15, 0.2) is 0 Å². The standard InChI is InChI=1S/C20H21F3N2O2/c1-2-25(13-14-5-3-6-15(21)11-14)19(26)7-4-10-24-20(27)17-9-8-16(22)12-18(17)23/h3,5-6,8-9,11-12H,2,4,7,10,13H2,1H3,(H,24,27). The molecular formula is C20H21F3N2O2. The number of halogens is 3. The number of nitrogens with one attached hydrogen (secondary N) is 1. The van der Waals surface area contributed by atoms with Crippen LogP contribution in [0.25, 0.3) is 0 Å². The van der Waals surface area contributed by atoms with E-state index in [0.29, 0.717) is 31.1 Å². The van der Waals surface area contributed by atoms with Crippen LogP contribution >= 0.6 is 0 Å². The molecule has 0 saturated heterocycles. The van der Waals surface area contributed by atoms with E-state index in [-0.39, 0.29) is 30.3 Å². The minimum Gasteiger partial charge on any atom is -0.352 e. The van der Waals surface area contributed by atoms with Gasteiger partial charge in [-0.2, -0.15) is 0 Å². The highest BCUT2D eigenvalue weighted by molar-refractivity contribution is 5.94. The summed E-state index contributed by atoms with van der Waals surface area (Å²) in [5.74, 6) is -2.83. The van der Waals surface area contributed by atoms with E-state index < -0.39 is 17.5 Å². The smallest absolute Gasteiger partial charge is 0.254 e. The Morgan fingerprint density at radius 1 is 1.04 bits per heavy atom. The Morgan fingerprint density at radius 2 is 1.78 bits per heavy atom. The van der Waals surface area contributed by atoms with Crippen LogP contribution < -0.4 is 5.32 Å². The molecule has 0 aromatic heterocycles. The van der Waals surface area contributed by atoms with E-state index in [2.05, 4.69) is 5.32 Å². The quantitative estimate of drug-likeness (QED) is 0.713. The van der Waals surface area contributed by atoms with Crippen molar-refractivity contribution in [3.8, 4) is 0 Å². The van der Waals surface area contributed by atoms with E-state index >= 15 is 0 Å². The van der Waals surface area contributed by atoms with Crippen molar-refractivity contribution in [3.63, 3.8) is 0 Å². The Morgan fingerprint density at radius 3 is 2.44 bits per heavy atom. The van der Waals surface area contributed by atoms with Gasteiger partial charge < -0.3 is 10.2 Å². The largest absolute Gasteiger partial charge is 0.352 e. The normalized spacial score (nSPS) is 10.5. The fourth-order valence-electron chi connectivity index (χ4n) is 2.60. The number of hydrogen-bond acceptors (Lipinski definition) is 2. The van der Waals surface area contributed by atoms with Gasteiger partial charge in [-0.15, -0.1) is 0 Å². The molecule has 2 rings (SSSR count). The third kappa shape index (κ3) is 6.13. The van der Waals surface area contributed by atoms with Crippen LogP contribution in [-0.4, -0.2) is 29.8 Å². The number of carbonyl (C=O) groups is 2. The SMILES string of the molecule is CCN(Cc1cccc(F)c1)C(=O)CCCNC(=O)c1ccc(F)cc1F. The number of nitrogens with zero attached hydrogens (tertiary/aromatic N) is 1. The van der Waals surface area contributed by atoms with Gasteiger partial charge in [-0.3, -0.25) is 9.59 Å². The van der Waals surface area contributed by atoms with Crippen molar-refractivity contribution in [2.75, 3.05) is 13.1 Å². The number of benzene rings is 2. The molecule has 0 radical (unpaired) electrons. The molecule has 4 nitrogen and oxygen atoms in total. The number of rotatable bonds is 8. The molecule has 2 amide bonds. The zero-order valence-electron chi connectivity index (χ0n) is 15.0. The van der Waals surface area contributed by atoms with Crippen LogP contribution in [0.3, 0.4) is 0 Å². The molecule has 2 aromatic carbocycles. The van der Waals surface area contributed by atoms with Crippen molar-refractivity contribution in [3.05, 3.63) is 71.0 Å². The highest BCUT2D eigenvalue weighted by Gasteiger charge is 2.14. The predicted octanol–water partition coefficient (Wildman–Crippen LogP) is 3.66. The van der Waals surface area contributed by atoms with Crippen molar-refractivity contribution in [2.24, 2.45) is 0 Å². The summed E-state index contributed by atoms with van der Waals surface area (Å²) in [4.78, 5) is 25.8. The zero-order valence-corrected chi connectivity index (χ0v) is 15.0. The fraction of sp³-hybridized carbons (Fsp3) is 0.300. The maximum Gasteiger partial charge on any atom is 0.254 e. The minimum absolute atomic E-state index is 0.121. The molecule has 0 spiro atoms.